The molecule has 0 saturated carbocycles. The van der Waals surface area contributed by atoms with E-state index in [-0.39, 0.29) is 19.2 Å². The second-order valence-corrected chi connectivity index (χ2v) is 6.54. The largest absolute Gasteiger partial charge is 0.381 e. The molecule has 0 saturated heterocycles. The van der Waals surface area contributed by atoms with Crippen molar-refractivity contribution in [1.82, 2.24) is 20.9 Å². The molecule has 0 aliphatic rings. The van der Waals surface area contributed by atoms with Crippen molar-refractivity contribution in [3.05, 3.63) is 0 Å². The van der Waals surface area contributed by atoms with E-state index in [0.29, 0.717) is 19.6 Å². The molecule has 26 heavy (non-hydrogen) atoms. The van der Waals surface area contributed by atoms with Crippen molar-refractivity contribution in [2.45, 2.75) is 39.5 Å². The van der Waals surface area contributed by atoms with Gasteiger partial charge in [-0.1, -0.05) is 26.7 Å². The van der Waals surface area contributed by atoms with Gasteiger partial charge in [0.15, 0.2) is 0 Å². The van der Waals surface area contributed by atoms with Crippen LogP contribution in [0.5, 0.6) is 0 Å². The highest BCUT2D eigenvalue weighted by Gasteiger charge is 2.06. The van der Waals surface area contributed by atoms with Gasteiger partial charge in [-0.2, -0.15) is 0 Å². The third-order valence-corrected chi connectivity index (χ3v) is 3.81. The topological polar surface area (TPSA) is 101 Å². The summed E-state index contributed by atoms with van der Waals surface area (Å²) >= 11 is 0. The fraction of sp³-hybridized carbons (Fsp3) is 0.833. The van der Waals surface area contributed by atoms with Gasteiger partial charge in [0, 0.05) is 19.6 Å². The van der Waals surface area contributed by atoms with E-state index in [1.807, 2.05) is 0 Å². The summed E-state index contributed by atoms with van der Waals surface area (Å²) < 4.78 is 0. The van der Waals surface area contributed by atoms with Gasteiger partial charge < -0.3 is 20.6 Å². The Bertz CT molecular complexity index is 390. The number of hydrogen-bond acceptors (Lipinski definition) is 6. The van der Waals surface area contributed by atoms with E-state index >= 15 is 0 Å². The summed E-state index contributed by atoms with van der Waals surface area (Å²) in [4.78, 5) is 22.0. The fourth-order valence-electron chi connectivity index (χ4n) is 2.45. The van der Waals surface area contributed by atoms with E-state index in [2.05, 4.69) is 51.7 Å². The molecule has 1 unspecified atom stereocenters. The van der Waals surface area contributed by atoms with Crippen LogP contribution in [0.3, 0.4) is 0 Å². The molecule has 8 heteroatoms. The number of carbonyl (C=O) groups is 1. The van der Waals surface area contributed by atoms with E-state index in [1.54, 1.807) is 0 Å². The molecule has 0 aliphatic carbocycles. The van der Waals surface area contributed by atoms with Gasteiger partial charge in [-0.3, -0.25) is 20.1 Å². The second kappa shape index (κ2) is 18.3. The second-order valence-electron chi connectivity index (χ2n) is 6.54. The summed E-state index contributed by atoms with van der Waals surface area (Å²) in [5.74, 6) is 0.650. The molecular formula is C18H38N6O2. The van der Waals surface area contributed by atoms with Crippen LogP contribution >= 0.6 is 0 Å². The number of aliphatic imine (C=N–C) groups is 2. The van der Waals surface area contributed by atoms with Crippen molar-refractivity contribution in [3.63, 3.8) is 0 Å². The van der Waals surface area contributed by atoms with Crippen molar-refractivity contribution in [2.75, 3.05) is 53.0 Å². The number of unbranched alkanes of at least 4 members (excludes halogenated alkanes) is 1. The lowest BCUT2D eigenvalue weighted by molar-refractivity contribution is -0.119. The molecule has 8 nitrogen and oxygen atoms in total. The summed E-state index contributed by atoms with van der Waals surface area (Å²) in [6, 6.07) is 0. The highest BCUT2D eigenvalue weighted by Crippen LogP contribution is 2.08. The lowest BCUT2D eigenvalue weighted by Gasteiger charge is -2.21. The van der Waals surface area contributed by atoms with Crippen molar-refractivity contribution in [2.24, 2.45) is 15.9 Å². The molecule has 4 N–H and O–H groups in total. The lowest BCUT2D eigenvalue weighted by Crippen LogP contribution is -2.31. The molecule has 0 radical (unpaired) electrons. The van der Waals surface area contributed by atoms with Gasteiger partial charge in [-0.25, -0.2) is 0 Å². The maximum Gasteiger partial charge on any atom is 0.241 e. The standard InChI is InChI=1S/C18H38N6O2/c1-4-5-7-17(2)13-24(3)11-6-8-23-18(26)12-21-15-22-14-19-9-10-20-16-25/h14-15,17,20,25H,4-13,16H2,1-3H3,(H,23,26)(H,19,21,22). The molecular weight excluding hydrogens is 332 g/mol. The first-order valence-electron chi connectivity index (χ1n) is 9.59. The minimum Gasteiger partial charge on any atom is -0.381 e. The van der Waals surface area contributed by atoms with Crippen LogP contribution in [0, 0.1) is 5.92 Å². The van der Waals surface area contributed by atoms with Gasteiger partial charge in [-0.05, 0) is 32.4 Å². The number of nitrogens with zero attached hydrogens (tertiary/aromatic N) is 3. The molecule has 152 valence electrons. The zero-order valence-corrected chi connectivity index (χ0v) is 16.7. The first-order valence-corrected chi connectivity index (χ1v) is 9.59. The maximum atomic E-state index is 11.7. The Kier molecular flexibility index (Phi) is 17.2. The van der Waals surface area contributed by atoms with Crippen LogP contribution in [0.2, 0.25) is 0 Å². The van der Waals surface area contributed by atoms with Gasteiger partial charge in [-0.15, -0.1) is 0 Å². The summed E-state index contributed by atoms with van der Waals surface area (Å²) in [5.41, 5.74) is 0. The molecule has 0 spiro atoms. The number of nitrogens with one attached hydrogen (secondary N) is 3. The zero-order valence-electron chi connectivity index (χ0n) is 16.7. The monoisotopic (exact) mass is 370 g/mol. The summed E-state index contributed by atoms with van der Waals surface area (Å²) in [6.07, 6.45) is 7.75. The highest BCUT2D eigenvalue weighted by atomic mass is 16.3. The van der Waals surface area contributed by atoms with E-state index in [4.69, 9.17) is 5.11 Å². The average Bonchev–Trinajstić information content (AvgIpc) is 2.62. The Morgan fingerprint density at radius 1 is 1.23 bits per heavy atom. The normalized spacial score (nSPS) is 13.0. The Hall–Kier alpha value is -1.51. The summed E-state index contributed by atoms with van der Waals surface area (Å²) in [5, 5.41) is 16.9. The van der Waals surface area contributed by atoms with Crippen LogP contribution in [0.4, 0.5) is 0 Å². The summed E-state index contributed by atoms with van der Waals surface area (Å²) in [6.45, 7) is 8.54. The van der Waals surface area contributed by atoms with Crippen LogP contribution in [-0.4, -0.2) is 81.6 Å². The first-order chi connectivity index (χ1) is 12.6. The third-order valence-electron chi connectivity index (χ3n) is 3.81. The quantitative estimate of drug-likeness (QED) is 0.129. The van der Waals surface area contributed by atoms with E-state index < -0.39 is 0 Å². The van der Waals surface area contributed by atoms with E-state index in [0.717, 1.165) is 25.4 Å². The Balaban J connectivity index is 3.57. The minimum atomic E-state index is -0.0777. The molecule has 0 fully saturated rings. The number of aliphatic hydroxyl groups is 1. The minimum absolute atomic E-state index is 0.0477. The first kappa shape index (κ1) is 24.5. The molecule has 1 atom stereocenters. The molecule has 1 amide bonds. The fourth-order valence-corrected chi connectivity index (χ4v) is 2.45. The Morgan fingerprint density at radius 2 is 2.00 bits per heavy atom. The number of aliphatic hydroxyl groups excluding tert-OH is 1. The molecule has 0 heterocycles. The summed E-state index contributed by atoms with van der Waals surface area (Å²) in [7, 11) is 2.14. The molecule has 0 aromatic heterocycles. The van der Waals surface area contributed by atoms with Crippen molar-refractivity contribution >= 4 is 18.6 Å². The van der Waals surface area contributed by atoms with Crippen molar-refractivity contribution in [3.8, 4) is 0 Å². The van der Waals surface area contributed by atoms with Gasteiger partial charge in [0.25, 0.3) is 0 Å². The number of amides is 1. The van der Waals surface area contributed by atoms with Crippen LogP contribution in [-0.2, 0) is 4.79 Å². The predicted molar refractivity (Wildman–Crippen MR) is 109 cm³/mol. The average molecular weight is 371 g/mol. The third kappa shape index (κ3) is 17.3. The van der Waals surface area contributed by atoms with Crippen molar-refractivity contribution in [1.29, 1.82) is 0 Å². The molecule has 0 aromatic rings. The number of carbonyl (C=O) groups excluding carboxylic acids is 1. The highest BCUT2D eigenvalue weighted by molar-refractivity contribution is 5.81. The number of rotatable bonds is 17. The molecule has 0 aromatic carbocycles. The smallest absolute Gasteiger partial charge is 0.241 e. The van der Waals surface area contributed by atoms with Crippen LogP contribution < -0.4 is 16.0 Å². The van der Waals surface area contributed by atoms with Gasteiger partial charge in [0.1, 0.15) is 6.54 Å². The van der Waals surface area contributed by atoms with E-state index in [9.17, 15) is 4.79 Å². The SMILES string of the molecule is CCCCC(C)CN(C)CCCNC(=O)CN=CNC=NCCNCO. The Labute approximate surface area is 158 Å². The van der Waals surface area contributed by atoms with Gasteiger partial charge in [0.2, 0.25) is 5.91 Å². The van der Waals surface area contributed by atoms with Gasteiger partial charge >= 0.3 is 0 Å². The molecule has 0 aliphatic heterocycles. The van der Waals surface area contributed by atoms with Crippen molar-refractivity contribution < 1.29 is 9.90 Å². The van der Waals surface area contributed by atoms with Crippen LogP contribution in [0.15, 0.2) is 9.98 Å². The molecule has 0 rings (SSSR count). The van der Waals surface area contributed by atoms with E-state index in [1.165, 1.54) is 31.9 Å². The number of hydrogen-bond donors (Lipinski definition) is 4. The molecule has 0 bridgehead atoms. The van der Waals surface area contributed by atoms with Crippen LogP contribution in [0.25, 0.3) is 0 Å². The van der Waals surface area contributed by atoms with Gasteiger partial charge in [0.05, 0.1) is 26.0 Å². The predicted octanol–water partition coefficient (Wildman–Crippen LogP) is 0.436. The zero-order chi connectivity index (χ0) is 19.5. The van der Waals surface area contributed by atoms with Crippen LogP contribution in [0.1, 0.15) is 39.5 Å². The maximum absolute atomic E-state index is 11.7. The lowest BCUT2D eigenvalue weighted by atomic mass is 10.0. The Morgan fingerprint density at radius 3 is 2.73 bits per heavy atom.